The standard InChI is InChI=1S/C32H45N3O5/c1-7-13-22(6)33(18-8-2)31(39)28-32-17-16-25(40-32)26(27(32)30(38)35(28)24(20-36)21(4)5)29(37)34(19-9-3)23-14-11-10-12-15-23/h8-12,14-15,21-22,24-28,36H,2-3,7,13,16-20H2,1,4-6H3/t22?,24-,25-,26+,27-,28?,32?/m0/s1. The summed E-state index contributed by atoms with van der Waals surface area (Å²) in [6.07, 6.45) is 5.74. The van der Waals surface area contributed by atoms with Crippen molar-refractivity contribution in [3.05, 3.63) is 55.6 Å². The van der Waals surface area contributed by atoms with Gasteiger partial charge in [-0.25, -0.2) is 0 Å². The van der Waals surface area contributed by atoms with E-state index in [0.29, 0.717) is 25.9 Å². The van der Waals surface area contributed by atoms with Gasteiger partial charge in [0.05, 0.1) is 30.6 Å². The maximum absolute atomic E-state index is 14.5. The maximum Gasteiger partial charge on any atom is 0.248 e. The Morgan fingerprint density at radius 2 is 1.82 bits per heavy atom. The summed E-state index contributed by atoms with van der Waals surface area (Å²) >= 11 is 0. The van der Waals surface area contributed by atoms with E-state index < -0.39 is 35.6 Å². The van der Waals surface area contributed by atoms with Crippen molar-refractivity contribution in [1.29, 1.82) is 0 Å². The van der Waals surface area contributed by atoms with Gasteiger partial charge in [-0.1, -0.05) is 57.5 Å². The van der Waals surface area contributed by atoms with Crippen molar-refractivity contribution in [3.63, 3.8) is 0 Å². The summed E-state index contributed by atoms with van der Waals surface area (Å²) in [5, 5.41) is 10.5. The zero-order chi connectivity index (χ0) is 29.2. The molecule has 3 heterocycles. The number of hydrogen-bond acceptors (Lipinski definition) is 5. The highest BCUT2D eigenvalue weighted by Gasteiger charge is 2.75. The highest BCUT2D eigenvalue weighted by Crippen LogP contribution is 2.59. The lowest BCUT2D eigenvalue weighted by molar-refractivity contribution is -0.153. The van der Waals surface area contributed by atoms with E-state index in [1.54, 1.807) is 26.9 Å². The van der Waals surface area contributed by atoms with Crippen LogP contribution in [0, 0.1) is 17.8 Å². The predicted octanol–water partition coefficient (Wildman–Crippen LogP) is 3.80. The number of fused-ring (bicyclic) bond motifs is 1. The quantitative estimate of drug-likeness (QED) is 0.377. The maximum atomic E-state index is 14.5. The number of ether oxygens (including phenoxy) is 1. The molecule has 3 unspecified atom stereocenters. The van der Waals surface area contributed by atoms with Crippen LogP contribution in [0.1, 0.15) is 53.4 Å². The Hall–Kier alpha value is -2.97. The number of likely N-dealkylation sites (tertiary alicyclic amines) is 1. The van der Waals surface area contributed by atoms with Crippen LogP contribution in [0.2, 0.25) is 0 Å². The monoisotopic (exact) mass is 551 g/mol. The number of rotatable bonds is 13. The van der Waals surface area contributed by atoms with Crippen LogP contribution in [0.15, 0.2) is 55.6 Å². The third kappa shape index (κ3) is 4.90. The first-order chi connectivity index (χ1) is 19.2. The Morgan fingerprint density at radius 3 is 2.40 bits per heavy atom. The predicted molar refractivity (Wildman–Crippen MR) is 155 cm³/mol. The molecule has 1 N–H and O–H groups in total. The number of nitrogens with zero attached hydrogens (tertiary/aromatic N) is 3. The minimum atomic E-state index is -1.12. The van der Waals surface area contributed by atoms with Crippen molar-refractivity contribution in [1.82, 2.24) is 9.80 Å². The van der Waals surface area contributed by atoms with Gasteiger partial charge in [0.15, 0.2) is 0 Å². The molecule has 1 aromatic rings. The molecule has 3 aliphatic rings. The molecular weight excluding hydrogens is 506 g/mol. The van der Waals surface area contributed by atoms with Crippen LogP contribution >= 0.6 is 0 Å². The van der Waals surface area contributed by atoms with Gasteiger partial charge < -0.3 is 24.5 Å². The second kappa shape index (κ2) is 12.3. The van der Waals surface area contributed by atoms with Gasteiger partial charge >= 0.3 is 0 Å². The van der Waals surface area contributed by atoms with Crippen LogP contribution in [-0.2, 0) is 19.1 Å². The van der Waals surface area contributed by atoms with E-state index in [1.807, 2.05) is 51.1 Å². The summed E-state index contributed by atoms with van der Waals surface area (Å²) in [4.78, 5) is 48.3. The molecule has 0 radical (unpaired) electrons. The Bertz CT molecular complexity index is 1110. The van der Waals surface area contributed by atoms with Crippen LogP contribution in [0.5, 0.6) is 0 Å². The summed E-state index contributed by atoms with van der Waals surface area (Å²) in [5.41, 5.74) is -0.399. The SMILES string of the molecule is C=CCN(C(=O)[C@@H]1[C@@H]2CCC3(O2)C(C(=O)N(CC=C)C(C)CCC)N([C@@H](CO)C(C)C)C(=O)[C@H]13)c1ccccc1. The number of carbonyl (C=O) groups is 3. The van der Waals surface area contributed by atoms with Gasteiger partial charge in [-0.05, 0) is 44.2 Å². The molecule has 3 aliphatic heterocycles. The normalized spacial score (nSPS) is 28.4. The van der Waals surface area contributed by atoms with Gasteiger partial charge in [-0.3, -0.25) is 14.4 Å². The number of amides is 3. The summed E-state index contributed by atoms with van der Waals surface area (Å²) in [7, 11) is 0. The first-order valence-corrected chi connectivity index (χ1v) is 14.7. The Kier molecular flexibility index (Phi) is 9.20. The van der Waals surface area contributed by atoms with E-state index in [2.05, 4.69) is 20.1 Å². The number of aliphatic hydroxyl groups is 1. The molecule has 1 aromatic carbocycles. The van der Waals surface area contributed by atoms with E-state index in [1.165, 1.54) is 0 Å². The molecule has 40 heavy (non-hydrogen) atoms. The Labute approximate surface area is 238 Å². The fourth-order valence-corrected chi connectivity index (χ4v) is 7.23. The molecule has 8 nitrogen and oxygen atoms in total. The van der Waals surface area contributed by atoms with E-state index in [-0.39, 0.29) is 36.3 Å². The van der Waals surface area contributed by atoms with Crippen LogP contribution in [-0.4, -0.2) is 82.2 Å². The summed E-state index contributed by atoms with van der Waals surface area (Å²) in [6, 6.07) is 7.79. The molecule has 7 atom stereocenters. The minimum absolute atomic E-state index is 0.0632. The second-order valence-corrected chi connectivity index (χ2v) is 11.8. The second-order valence-electron chi connectivity index (χ2n) is 11.8. The van der Waals surface area contributed by atoms with Gasteiger partial charge in [0.1, 0.15) is 11.6 Å². The van der Waals surface area contributed by atoms with Crippen LogP contribution in [0.25, 0.3) is 0 Å². The average molecular weight is 552 g/mol. The number of carbonyl (C=O) groups excluding carboxylic acids is 3. The molecule has 3 saturated heterocycles. The van der Waals surface area contributed by atoms with Crippen molar-refractivity contribution >= 4 is 23.4 Å². The molecule has 1 spiro atoms. The molecule has 4 rings (SSSR count). The highest BCUT2D eigenvalue weighted by molar-refractivity contribution is 6.03. The lowest BCUT2D eigenvalue weighted by Gasteiger charge is -2.41. The third-order valence-electron chi connectivity index (χ3n) is 9.06. The fraction of sp³-hybridized carbons (Fsp3) is 0.594. The van der Waals surface area contributed by atoms with Crippen molar-refractivity contribution in [2.75, 3.05) is 24.6 Å². The third-order valence-corrected chi connectivity index (χ3v) is 9.06. The zero-order valence-electron chi connectivity index (χ0n) is 24.4. The first kappa shape index (κ1) is 30.0. The van der Waals surface area contributed by atoms with Gasteiger partial charge in [0, 0.05) is 24.8 Å². The van der Waals surface area contributed by atoms with Gasteiger partial charge in [0.25, 0.3) is 0 Å². The molecule has 218 valence electrons. The van der Waals surface area contributed by atoms with Crippen LogP contribution in [0.4, 0.5) is 5.69 Å². The molecule has 2 bridgehead atoms. The molecular formula is C32H45N3O5. The zero-order valence-corrected chi connectivity index (χ0v) is 24.4. The van der Waals surface area contributed by atoms with E-state index in [4.69, 9.17) is 4.74 Å². The fourth-order valence-electron chi connectivity index (χ4n) is 7.23. The molecule has 0 aromatic heterocycles. The first-order valence-electron chi connectivity index (χ1n) is 14.7. The van der Waals surface area contributed by atoms with Crippen molar-refractivity contribution in [2.24, 2.45) is 17.8 Å². The van der Waals surface area contributed by atoms with E-state index in [0.717, 1.165) is 18.5 Å². The van der Waals surface area contributed by atoms with Crippen LogP contribution < -0.4 is 4.90 Å². The van der Waals surface area contributed by atoms with Crippen molar-refractivity contribution in [2.45, 2.75) is 83.2 Å². The highest BCUT2D eigenvalue weighted by atomic mass is 16.5. The van der Waals surface area contributed by atoms with Gasteiger partial charge in [0.2, 0.25) is 17.7 Å². The summed E-state index contributed by atoms with van der Waals surface area (Å²) in [5.74, 6) is -2.31. The Morgan fingerprint density at radius 1 is 1.15 bits per heavy atom. The average Bonchev–Trinajstić information content (AvgIpc) is 3.58. The smallest absolute Gasteiger partial charge is 0.248 e. The van der Waals surface area contributed by atoms with Crippen LogP contribution in [0.3, 0.4) is 0 Å². The number of hydrogen-bond donors (Lipinski definition) is 1. The number of benzene rings is 1. The lowest BCUT2D eigenvalue weighted by Crippen LogP contribution is -2.60. The number of para-hydroxylation sites is 1. The van der Waals surface area contributed by atoms with E-state index >= 15 is 0 Å². The Balaban J connectivity index is 1.80. The molecule has 3 fully saturated rings. The summed E-state index contributed by atoms with van der Waals surface area (Å²) < 4.78 is 6.67. The van der Waals surface area contributed by atoms with E-state index in [9.17, 15) is 19.5 Å². The minimum Gasteiger partial charge on any atom is -0.394 e. The number of anilines is 1. The van der Waals surface area contributed by atoms with Crippen molar-refractivity contribution < 1.29 is 24.2 Å². The molecule has 8 heteroatoms. The van der Waals surface area contributed by atoms with Gasteiger partial charge in [-0.2, -0.15) is 0 Å². The molecule has 0 saturated carbocycles. The number of aliphatic hydroxyl groups excluding tert-OH is 1. The lowest BCUT2D eigenvalue weighted by atomic mass is 9.70. The largest absolute Gasteiger partial charge is 0.394 e. The van der Waals surface area contributed by atoms with Gasteiger partial charge in [-0.15, -0.1) is 13.2 Å². The topological polar surface area (TPSA) is 90.4 Å². The molecule has 3 amide bonds. The van der Waals surface area contributed by atoms with Crippen molar-refractivity contribution in [3.8, 4) is 0 Å². The molecule has 0 aliphatic carbocycles. The summed E-state index contributed by atoms with van der Waals surface area (Å²) in [6.45, 7) is 16.0.